The van der Waals surface area contributed by atoms with Crippen molar-refractivity contribution in [2.75, 3.05) is 0 Å². The van der Waals surface area contributed by atoms with Gasteiger partial charge in [0, 0.05) is 12.4 Å². The number of rotatable bonds is 1. The fourth-order valence-electron chi connectivity index (χ4n) is 1.13. The summed E-state index contributed by atoms with van der Waals surface area (Å²) in [6, 6.07) is 3.99. The zero-order chi connectivity index (χ0) is 11.3. The van der Waals surface area contributed by atoms with Crippen LogP contribution in [0.3, 0.4) is 0 Å². The molecule has 2 aromatic heterocycles. The van der Waals surface area contributed by atoms with E-state index in [0.29, 0.717) is 0 Å². The SMILES string of the molecule is CC.Cc1ccc(-n2cc(C)cn2)nc1. The first-order valence-electron chi connectivity index (χ1n) is 5.20. The summed E-state index contributed by atoms with van der Waals surface area (Å²) in [7, 11) is 0. The molecule has 0 amide bonds. The van der Waals surface area contributed by atoms with Crippen LogP contribution in [-0.2, 0) is 0 Å². The van der Waals surface area contributed by atoms with Crippen molar-refractivity contribution < 1.29 is 0 Å². The maximum absolute atomic E-state index is 4.26. The van der Waals surface area contributed by atoms with Gasteiger partial charge < -0.3 is 0 Å². The summed E-state index contributed by atoms with van der Waals surface area (Å²) in [5.74, 6) is 0.860. The second-order valence-electron chi connectivity index (χ2n) is 3.16. The second kappa shape index (κ2) is 5.29. The molecule has 0 aromatic carbocycles. The second-order valence-corrected chi connectivity index (χ2v) is 3.16. The zero-order valence-corrected chi connectivity index (χ0v) is 9.73. The van der Waals surface area contributed by atoms with E-state index in [2.05, 4.69) is 10.1 Å². The van der Waals surface area contributed by atoms with E-state index in [1.807, 2.05) is 58.4 Å². The van der Waals surface area contributed by atoms with Crippen LogP contribution < -0.4 is 0 Å². The van der Waals surface area contributed by atoms with Gasteiger partial charge in [0.2, 0.25) is 0 Å². The molecule has 2 aromatic rings. The van der Waals surface area contributed by atoms with Gasteiger partial charge in [0.25, 0.3) is 0 Å². The Morgan fingerprint density at radius 2 is 1.73 bits per heavy atom. The van der Waals surface area contributed by atoms with Gasteiger partial charge >= 0.3 is 0 Å². The summed E-state index contributed by atoms with van der Waals surface area (Å²) in [6.45, 7) is 8.03. The molecule has 0 aliphatic carbocycles. The third-order valence-corrected chi connectivity index (χ3v) is 1.84. The van der Waals surface area contributed by atoms with Crippen molar-refractivity contribution >= 4 is 0 Å². The van der Waals surface area contributed by atoms with Crippen LogP contribution in [-0.4, -0.2) is 14.8 Å². The third-order valence-electron chi connectivity index (χ3n) is 1.84. The van der Waals surface area contributed by atoms with Gasteiger partial charge in [-0.15, -0.1) is 0 Å². The molecular formula is C12H17N3. The molecular weight excluding hydrogens is 186 g/mol. The molecule has 0 unspecified atom stereocenters. The Morgan fingerprint density at radius 1 is 1.00 bits per heavy atom. The van der Waals surface area contributed by atoms with Crippen LogP contribution >= 0.6 is 0 Å². The van der Waals surface area contributed by atoms with Crippen LogP contribution in [0.1, 0.15) is 25.0 Å². The predicted molar refractivity (Wildman–Crippen MR) is 62.2 cm³/mol. The summed E-state index contributed by atoms with van der Waals surface area (Å²) < 4.78 is 1.77. The largest absolute Gasteiger partial charge is 0.237 e. The Hall–Kier alpha value is -1.64. The van der Waals surface area contributed by atoms with Crippen molar-refractivity contribution in [3.63, 3.8) is 0 Å². The highest BCUT2D eigenvalue weighted by Crippen LogP contribution is 2.05. The van der Waals surface area contributed by atoms with Gasteiger partial charge in [-0.25, -0.2) is 9.67 Å². The minimum absolute atomic E-state index is 0.860. The van der Waals surface area contributed by atoms with Crippen molar-refractivity contribution in [3.05, 3.63) is 41.9 Å². The lowest BCUT2D eigenvalue weighted by Crippen LogP contribution is -1.96. The molecule has 3 nitrogen and oxygen atoms in total. The zero-order valence-electron chi connectivity index (χ0n) is 9.73. The van der Waals surface area contributed by atoms with Crippen molar-refractivity contribution in [2.45, 2.75) is 27.7 Å². The van der Waals surface area contributed by atoms with E-state index < -0.39 is 0 Å². The lowest BCUT2D eigenvalue weighted by Gasteiger charge is -1.99. The summed E-state index contributed by atoms with van der Waals surface area (Å²) in [4.78, 5) is 4.26. The highest BCUT2D eigenvalue weighted by atomic mass is 15.3. The van der Waals surface area contributed by atoms with E-state index in [-0.39, 0.29) is 0 Å². The standard InChI is InChI=1S/C10H11N3.C2H6/c1-8-3-4-10(11-5-8)13-7-9(2)6-12-13;1-2/h3-7H,1-2H3;1-2H3. The fourth-order valence-corrected chi connectivity index (χ4v) is 1.13. The summed E-state index contributed by atoms with van der Waals surface area (Å²) in [5, 5.41) is 4.17. The van der Waals surface area contributed by atoms with E-state index in [4.69, 9.17) is 0 Å². The topological polar surface area (TPSA) is 30.7 Å². The molecule has 0 saturated carbocycles. The molecule has 0 bridgehead atoms. The van der Waals surface area contributed by atoms with Crippen LogP contribution in [0.25, 0.3) is 5.82 Å². The first-order chi connectivity index (χ1) is 7.25. The van der Waals surface area contributed by atoms with Gasteiger partial charge in [-0.3, -0.25) is 0 Å². The quantitative estimate of drug-likeness (QED) is 0.713. The normalized spacial score (nSPS) is 9.33. The highest BCUT2D eigenvalue weighted by Gasteiger charge is 1.97. The van der Waals surface area contributed by atoms with E-state index in [9.17, 15) is 0 Å². The average Bonchev–Trinajstić information content (AvgIpc) is 2.69. The van der Waals surface area contributed by atoms with Crippen LogP contribution in [0.15, 0.2) is 30.7 Å². The van der Waals surface area contributed by atoms with E-state index >= 15 is 0 Å². The minimum Gasteiger partial charge on any atom is -0.237 e. The van der Waals surface area contributed by atoms with Crippen LogP contribution in [0, 0.1) is 13.8 Å². The maximum atomic E-state index is 4.26. The van der Waals surface area contributed by atoms with Gasteiger partial charge in [0.1, 0.15) is 0 Å². The van der Waals surface area contributed by atoms with Crippen molar-refractivity contribution in [2.24, 2.45) is 0 Å². The number of aryl methyl sites for hydroxylation is 2. The Morgan fingerprint density at radius 3 is 2.20 bits per heavy atom. The fraction of sp³-hybridized carbons (Fsp3) is 0.333. The first-order valence-corrected chi connectivity index (χ1v) is 5.20. The molecule has 0 radical (unpaired) electrons. The van der Waals surface area contributed by atoms with E-state index in [1.165, 1.54) is 0 Å². The van der Waals surface area contributed by atoms with Crippen molar-refractivity contribution in [1.29, 1.82) is 0 Å². The van der Waals surface area contributed by atoms with Gasteiger partial charge in [-0.2, -0.15) is 5.10 Å². The van der Waals surface area contributed by atoms with Gasteiger partial charge in [0.05, 0.1) is 6.20 Å². The van der Waals surface area contributed by atoms with Crippen molar-refractivity contribution in [3.8, 4) is 5.82 Å². The number of nitrogens with zero attached hydrogens (tertiary/aromatic N) is 3. The smallest absolute Gasteiger partial charge is 0.153 e. The molecule has 80 valence electrons. The van der Waals surface area contributed by atoms with Crippen molar-refractivity contribution in [1.82, 2.24) is 14.8 Å². The number of hydrogen-bond donors (Lipinski definition) is 0. The van der Waals surface area contributed by atoms with Gasteiger partial charge in [-0.1, -0.05) is 19.9 Å². The molecule has 0 aliphatic heterocycles. The molecule has 0 atom stereocenters. The van der Waals surface area contributed by atoms with Gasteiger partial charge in [0.15, 0.2) is 5.82 Å². The number of aromatic nitrogens is 3. The third kappa shape index (κ3) is 2.91. The molecule has 0 spiro atoms. The minimum atomic E-state index is 0.860. The Bertz CT molecular complexity index is 401. The molecule has 2 rings (SSSR count). The molecule has 0 saturated heterocycles. The highest BCUT2D eigenvalue weighted by molar-refractivity contribution is 5.24. The Balaban J connectivity index is 0.000000531. The van der Waals surface area contributed by atoms with Crippen LogP contribution in [0.5, 0.6) is 0 Å². The molecule has 0 fully saturated rings. The molecule has 2 heterocycles. The van der Waals surface area contributed by atoms with E-state index in [1.54, 1.807) is 4.68 Å². The van der Waals surface area contributed by atoms with Crippen LogP contribution in [0.2, 0.25) is 0 Å². The molecule has 15 heavy (non-hydrogen) atoms. The van der Waals surface area contributed by atoms with Gasteiger partial charge in [-0.05, 0) is 31.0 Å². The average molecular weight is 203 g/mol. The predicted octanol–water partition coefficient (Wildman–Crippen LogP) is 2.91. The molecule has 0 aliphatic rings. The Labute approximate surface area is 90.8 Å². The van der Waals surface area contributed by atoms with Crippen LogP contribution in [0.4, 0.5) is 0 Å². The lowest BCUT2D eigenvalue weighted by molar-refractivity contribution is 0.845. The maximum Gasteiger partial charge on any atom is 0.153 e. The summed E-state index contributed by atoms with van der Waals surface area (Å²) >= 11 is 0. The number of hydrogen-bond acceptors (Lipinski definition) is 2. The van der Waals surface area contributed by atoms with E-state index in [0.717, 1.165) is 16.9 Å². The number of pyridine rings is 1. The molecule has 0 N–H and O–H groups in total. The summed E-state index contributed by atoms with van der Waals surface area (Å²) in [6.07, 6.45) is 5.62. The first kappa shape index (κ1) is 11.4. The summed E-state index contributed by atoms with van der Waals surface area (Å²) in [5.41, 5.74) is 2.30. The monoisotopic (exact) mass is 203 g/mol. The lowest BCUT2D eigenvalue weighted by atomic mass is 10.3. The molecule has 3 heteroatoms. The Kier molecular flexibility index (Phi) is 4.03.